The van der Waals surface area contributed by atoms with E-state index in [1.54, 1.807) is 31.4 Å². The van der Waals surface area contributed by atoms with Gasteiger partial charge in [-0.1, -0.05) is 12.1 Å². The zero-order valence-electron chi connectivity index (χ0n) is 9.77. The van der Waals surface area contributed by atoms with E-state index < -0.39 is 12.0 Å². The number of carboxylic acids is 1. The summed E-state index contributed by atoms with van der Waals surface area (Å²) >= 11 is 0. The van der Waals surface area contributed by atoms with Crippen LogP contribution in [-0.4, -0.2) is 24.1 Å². The van der Waals surface area contributed by atoms with E-state index in [4.69, 9.17) is 9.84 Å². The monoisotopic (exact) mass is 237 g/mol. The molecule has 1 aromatic rings. The van der Waals surface area contributed by atoms with Crippen molar-refractivity contribution >= 4 is 11.9 Å². The number of hydrogen-bond acceptors (Lipinski definition) is 3. The van der Waals surface area contributed by atoms with E-state index in [0.29, 0.717) is 5.75 Å². The lowest BCUT2D eigenvalue weighted by Gasteiger charge is -2.16. The Kier molecular flexibility index (Phi) is 4.51. The summed E-state index contributed by atoms with van der Waals surface area (Å²) in [6.07, 6.45) is -0.147. The van der Waals surface area contributed by atoms with Crippen LogP contribution in [0.25, 0.3) is 0 Å². The summed E-state index contributed by atoms with van der Waals surface area (Å²) in [5.41, 5.74) is 0.739. The van der Waals surface area contributed by atoms with Gasteiger partial charge >= 0.3 is 5.97 Å². The molecule has 0 aliphatic rings. The fourth-order valence-corrected chi connectivity index (χ4v) is 1.51. The number of benzene rings is 1. The molecule has 0 aliphatic heterocycles. The Labute approximate surface area is 99.4 Å². The van der Waals surface area contributed by atoms with Crippen molar-refractivity contribution in [2.75, 3.05) is 7.11 Å². The van der Waals surface area contributed by atoms with Gasteiger partial charge in [0.15, 0.2) is 0 Å². The first kappa shape index (κ1) is 13.0. The van der Waals surface area contributed by atoms with Crippen LogP contribution >= 0.6 is 0 Å². The standard InChI is InChI=1S/C12H15NO4/c1-8(14)13-11(7-12(15)16)9-3-5-10(17-2)6-4-9/h3-6,11H,7H2,1-2H3,(H,13,14)(H,15,16)/t11-/m0/s1. The van der Waals surface area contributed by atoms with Gasteiger partial charge in [-0.25, -0.2) is 0 Å². The van der Waals surface area contributed by atoms with Crippen LogP contribution in [0.5, 0.6) is 5.75 Å². The lowest BCUT2D eigenvalue weighted by molar-refractivity contribution is -0.137. The molecule has 1 rings (SSSR count). The van der Waals surface area contributed by atoms with Crippen molar-refractivity contribution in [3.8, 4) is 5.75 Å². The maximum atomic E-state index is 11.0. The molecule has 5 nitrogen and oxygen atoms in total. The second-order valence-corrected chi connectivity index (χ2v) is 3.62. The van der Waals surface area contributed by atoms with Crippen molar-refractivity contribution in [3.05, 3.63) is 29.8 Å². The van der Waals surface area contributed by atoms with Crippen LogP contribution in [0.4, 0.5) is 0 Å². The quantitative estimate of drug-likeness (QED) is 0.810. The summed E-state index contributed by atoms with van der Waals surface area (Å²) in [6.45, 7) is 1.36. The van der Waals surface area contributed by atoms with Gasteiger partial charge < -0.3 is 15.2 Å². The molecule has 2 N–H and O–H groups in total. The number of carbonyl (C=O) groups is 2. The Balaban J connectivity index is 2.86. The van der Waals surface area contributed by atoms with Crippen molar-refractivity contribution < 1.29 is 19.4 Å². The predicted molar refractivity (Wildman–Crippen MR) is 61.8 cm³/mol. The number of methoxy groups -OCH3 is 1. The topological polar surface area (TPSA) is 75.6 Å². The highest BCUT2D eigenvalue weighted by Gasteiger charge is 2.16. The smallest absolute Gasteiger partial charge is 0.305 e. The number of nitrogens with one attached hydrogen (secondary N) is 1. The second kappa shape index (κ2) is 5.89. The van der Waals surface area contributed by atoms with Crippen LogP contribution in [0.1, 0.15) is 24.9 Å². The Bertz CT molecular complexity index is 383. The third-order valence-corrected chi connectivity index (χ3v) is 2.27. The first-order valence-electron chi connectivity index (χ1n) is 5.15. The summed E-state index contributed by atoms with van der Waals surface area (Å²) in [7, 11) is 1.55. The Hall–Kier alpha value is -2.04. The molecule has 92 valence electrons. The molecule has 17 heavy (non-hydrogen) atoms. The van der Waals surface area contributed by atoms with E-state index >= 15 is 0 Å². The van der Waals surface area contributed by atoms with Crippen LogP contribution in [0.2, 0.25) is 0 Å². The number of carbonyl (C=O) groups excluding carboxylic acids is 1. The van der Waals surface area contributed by atoms with Gasteiger partial charge in [-0.3, -0.25) is 9.59 Å². The minimum Gasteiger partial charge on any atom is -0.497 e. The van der Waals surface area contributed by atoms with E-state index in [-0.39, 0.29) is 12.3 Å². The number of amides is 1. The minimum absolute atomic E-state index is 0.147. The average molecular weight is 237 g/mol. The van der Waals surface area contributed by atoms with Crippen LogP contribution < -0.4 is 10.1 Å². The largest absolute Gasteiger partial charge is 0.497 e. The lowest BCUT2D eigenvalue weighted by atomic mass is 10.0. The predicted octanol–water partition coefficient (Wildman–Crippen LogP) is 1.35. The fourth-order valence-electron chi connectivity index (χ4n) is 1.51. The molecule has 0 heterocycles. The molecule has 0 aliphatic carbocycles. The minimum atomic E-state index is -0.959. The van der Waals surface area contributed by atoms with Gasteiger partial charge in [0.2, 0.25) is 5.91 Å². The van der Waals surface area contributed by atoms with Crippen LogP contribution in [0.3, 0.4) is 0 Å². The first-order chi connectivity index (χ1) is 8.02. The molecule has 0 radical (unpaired) electrons. The summed E-state index contributed by atoms with van der Waals surface area (Å²) < 4.78 is 5.01. The van der Waals surface area contributed by atoms with Crippen molar-refractivity contribution in [2.24, 2.45) is 0 Å². The number of hydrogen-bond donors (Lipinski definition) is 2. The molecule has 0 saturated carbocycles. The van der Waals surface area contributed by atoms with Gasteiger partial charge in [0.05, 0.1) is 19.6 Å². The van der Waals surface area contributed by atoms with E-state index in [2.05, 4.69) is 5.32 Å². The van der Waals surface area contributed by atoms with Gasteiger partial charge in [-0.2, -0.15) is 0 Å². The third kappa shape index (κ3) is 4.14. The summed E-state index contributed by atoms with van der Waals surface area (Å²) in [6, 6.07) is 6.42. The van der Waals surface area contributed by atoms with Gasteiger partial charge in [0.25, 0.3) is 0 Å². The molecular formula is C12H15NO4. The molecule has 1 amide bonds. The summed E-state index contributed by atoms with van der Waals surface area (Å²) in [4.78, 5) is 21.7. The van der Waals surface area contributed by atoms with Crippen LogP contribution in [0, 0.1) is 0 Å². The first-order valence-corrected chi connectivity index (χ1v) is 5.15. The zero-order chi connectivity index (χ0) is 12.8. The van der Waals surface area contributed by atoms with Crippen molar-refractivity contribution in [1.82, 2.24) is 5.32 Å². The molecule has 0 aromatic heterocycles. The molecule has 0 bridgehead atoms. The zero-order valence-corrected chi connectivity index (χ0v) is 9.77. The molecule has 5 heteroatoms. The van der Waals surface area contributed by atoms with E-state index in [1.807, 2.05) is 0 Å². The van der Waals surface area contributed by atoms with Gasteiger partial charge in [-0.05, 0) is 17.7 Å². The highest BCUT2D eigenvalue weighted by Crippen LogP contribution is 2.20. The molecule has 0 saturated heterocycles. The molecule has 1 atom stereocenters. The normalized spacial score (nSPS) is 11.6. The average Bonchev–Trinajstić information content (AvgIpc) is 2.27. The lowest BCUT2D eigenvalue weighted by Crippen LogP contribution is -2.27. The SMILES string of the molecule is COc1ccc([C@H](CC(=O)O)NC(C)=O)cc1. The van der Waals surface area contributed by atoms with Crippen molar-refractivity contribution in [1.29, 1.82) is 0 Å². The second-order valence-electron chi connectivity index (χ2n) is 3.62. The van der Waals surface area contributed by atoms with Crippen LogP contribution in [0.15, 0.2) is 24.3 Å². The Morgan fingerprint density at radius 3 is 2.35 bits per heavy atom. The van der Waals surface area contributed by atoms with Gasteiger partial charge in [0.1, 0.15) is 5.75 Å². The number of rotatable bonds is 5. The molecular weight excluding hydrogens is 222 g/mol. The van der Waals surface area contributed by atoms with Gasteiger partial charge in [0, 0.05) is 6.92 Å². The van der Waals surface area contributed by atoms with Crippen molar-refractivity contribution in [3.63, 3.8) is 0 Å². The molecule has 0 spiro atoms. The third-order valence-electron chi connectivity index (χ3n) is 2.27. The Morgan fingerprint density at radius 1 is 1.35 bits per heavy atom. The number of ether oxygens (including phenoxy) is 1. The van der Waals surface area contributed by atoms with Crippen molar-refractivity contribution in [2.45, 2.75) is 19.4 Å². The molecule has 0 unspecified atom stereocenters. The fraction of sp³-hybridized carbons (Fsp3) is 0.333. The number of aliphatic carboxylic acids is 1. The van der Waals surface area contributed by atoms with E-state index in [0.717, 1.165) is 5.56 Å². The maximum absolute atomic E-state index is 11.0. The molecule has 1 aromatic carbocycles. The van der Waals surface area contributed by atoms with Crippen LogP contribution in [-0.2, 0) is 9.59 Å². The van der Waals surface area contributed by atoms with Gasteiger partial charge in [-0.15, -0.1) is 0 Å². The summed E-state index contributed by atoms with van der Waals surface area (Å²) in [5, 5.41) is 11.4. The highest BCUT2D eigenvalue weighted by atomic mass is 16.5. The Morgan fingerprint density at radius 2 is 1.94 bits per heavy atom. The summed E-state index contributed by atoms with van der Waals surface area (Å²) in [5.74, 6) is -0.530. The maximum Gasteiger partial charge on any atom is 0.305 e. The highest BCUT2D eigenvalue weighted by molar-refractivity contribution is 5.75. The van der Waals surface area contributed by atoms with E-state index in [1.165, 1.54) is 6.92 Å². The molecule has 0 fully saturated rings. The van der Waals surface area contributed by atoms with E-state index in [9.17, 15) is 9.59 Å². The number of carboxylic acid groups (broad SMARTS) is 1.